The topological polar surface area (TPSA) is 93.3 Å². The van der Waals surface area contributed by atoms with Gasteiger partial charge in [0.15, 0.2) is 5.69 Å². The second kappa shape index (κ2) is 4.17. The van der Waals surface area contributed by atoms with E-state index in [0.717, 1.165) is 6.07 Å². The van der Waals surface area contributed by atoms with Gasteiger partial charge < -0.3 is 5.11 Å². The third-order valence-electron chi connectivity index (χ3n) is 1.77. The lowest BCUT2D eigenvalue weighted by Crippen LogP contribution is -2.09. The van der Waals surface area contributed by atoms with Crippen LogP contribution in [0, 0.1) is 17.0 Å². The van der Waals surface area contributed by atoms with E-state index in [9.17, 15) is 23.7 Å². The average Bonchev–Trinajstić information content (AvgIpc) is 2.15. The van der Waals surface area contributed by atoms with Crippen LogP contribution in [0.15, 0.2) is 6.07 Å². The van der Waals surface area contributed by atoms with Gasteiger partial charge in [0, 0.05) is 5.69 Å². The molecule has 0 bridgehead atoms. The molecule has 1 N–H and O–H groups in total. The number of carboxylic acids is 1. The largest absolute Gasteiger partial charge is 0.477 e. The predicted octanol–water partition coefficient (Wildman–Crippen LogP) is 1.93. The van der Waals surface area contributed by atoms with Gasteiger partial charge in [-0.2, -0.15) is 0 Å². The lowest BCUT2D eigenvalue weighted by Gasteiger charge is -2.05. The number of carboxylic acid groups (broad SMARTS) is 1. The van der Waals surface area contributed by atoms with Gasteiger partial charge in [-0.3, -0.25) is 10.1 Å². The molecule has 0 amide bonds. The summed E-state index contributed by atoms with van der Waals surface area (Å²) in [4.78, 5) is 23.3. The van der Waals surface area contributed by atoms with E-state index in [2.05, 4.69) is 4.98 Å². The van der Waals surface area contributed by atoms with Crippen LogP contribution in [0.4, 0.5) is 14.5 Å². The Morgan fingerprint density at radius 2 is 2.19 bits per heavy atom. The molecular weight excluding hydrogens is 226 g/mol. The van der Waals surface area contributed by atoms with Crippen molar-refractivity contribution >= 4 is 11.7 Å². The quantitative estimate of drug-likeness (QED) is 0.634. The Bertz CT molecular complexity index is 462. The lowest BCUT2D eigenvalue weighted by molar-refractivity contribution is -0.387. The fourth-order valence-corrected chi connectivity index (χ4v) is 1.20. The summed E-state index contributed by atoms with van der Waals surface area (Å²) in [6, 6.07) is 0.881. The van der Waals surface area contributed by atoms with E-state index in [4.69, 9.17) is 5.11 Å². The maximum Gasteiger partial charge on any atom is 0.342 e. The van der Waals surface area contributed by atoms with Crippen molar-refractivity contribution in [1.82, 2.24) is 4.98 Å². The molecule has 0 aromatic carbocycles. The first-order valence-electron chi connectivity index (χ1n) is 4.02. The number of aromatic nitrogens is 1. The van der Waals surface area contributed by atoms with Gasteiger partial charge in [0.05, 0.1) is 4.92 Å². The summed E-state index contributed by atoms with van der Waals surface area (Å²) in [6.45, 7) is 1.28. The van der Waals surface area contributed by atoms with Gasteiger partial charge >= 0.3 is 11.7 Å². The van der Waals surface area contributed by atoms with E-state index in [-0.39, 0.29) is 5.69 Å². The van der Waals surface area contributed by atoms with Gasteiger partial charge in [-0.15, -0.1) is 0 Å². The molecule has 6 nitrogen and oxygen atoms in total. The number of hydrogen-bond donors (Lipinski definition) is 1. The smallest absolute Gasteiger partial charge is 0.342 e. The van der Waals surface area contributed by atoms with E-state index in [1.807, 2.05) is 0 Å². The molecule has 1 aromatic heterocycles. The maximum absolute atomic E-state index is 12.5. The number of aryl methyl sites for hydroxylation is 1. The first-order chi connectivity index (χ1) is 7.34. The Morgan fingerprint density at radius 3 is 2.56 bits per heavy atom. The Morgan fingerprint density at radius 1 is 1.62 bits per heavy atom. The summed E-state index contributed by atoms with van der Waals surface area (Å²) in [5.41, 5.74) is -3.08. The van der Waals surface area contributed by atoms with Crippen LogP contribution in [0.3, 0.4) is 0 Å². The first-order valence-corrected chi connectivity index (χ1v) is 4.02. The fraction of sp³-hybridized carbons (Fsp3) is 0.250. The highest BCUT2D eigenvalue weighted by Gasteiger charge is 2.31. The molecule has 0 fully saturated rings. The van der Waals surface area contributed by atoms with Crippen molar-refractivity contribution in [2.45, 2.75) is 13.3 Å². The molecule has 1 heterocycles. The van der Waals surface area contributed by atoms with Crippen molar-refractivity contribution in [3.8, 4) is 0 Å². The van der Waals surface area contributed by atoms with Crippen LogP contribution in [-0.4, -0.2) is 21.0 Å². The van der Waals surface area contributed by atoms with Gasteiger partial charge in [-0.05, 0) is 13.0 Å². The SMILES string of the molecule is Cc1cc(C(=O)O)c([N+](=O)[O-])c(C(F)F)n1. The Balaban J connectivity index is 3.60. The van der Waals surface area contributed by atoms with Crippen LogP contribution in [0.2, 0.25) is 0 Å². The minimum atomic E-state index is -3.20. The molecule has 0 radical (unpaired) electrons. The van der Waals surface area contributed by atoms with E-state index < -0.39 is 34.3 Å². The van der Waals surface area contributed by atoms with Crippen molar-refractivity contribution in [2.75, 3.05) is 0 Å². The fourth-order valence-electron chi connectivity index (χ4n) is 1.20. The number of carbonyl (C=O) groups is 1. The van der Waals surface area contributed by atoms with Crippen molar-refractivity contribution in [1.29, 1.82) is 0 Å². The van der Waals surface area contributed by atoms with Crippen molar-refractivity contribution in [3.63, 3.8) is 0 Å². The highest BCUT2D eigenvalue weighted by Crippen LogP contribution is 2.30. The summed E-state index contributed by atoms with van der Waals surface area (Å²) < 4.78 is 24.9. The number of nitro groups is 1. The van der Waals surface area contributed by atoms with Gasteiger partial charge in [0.25, 0.3) is 6.43 Å². The number of nitrogens with zero attached hydrogens (tertiary/aromatic N) is 2. The Labute approximate surface area is 87.7 Å². The molecule has 8 heteroatoms. The summed E-state index contributed by atoms with van der Waals surface area (Å²) >= 11 is 0. The summed E-state index contributed by atoms with van der Waals surface area (Å²) in [6.07, 6.45) is -3.20. The zero-order valence-corrected chi connectivity index (χ0v) is 7.98. The van der Waals surface area contributed by atoms with Crippen LogP contribution in [-0.2, 0) is 0 Å². The molecule has 0 aliphatic rings. The molecule has 0 aliphatic heterocycles. The van der Waals surface area contributed by atoms with E-state index in [0.29, 0.717) is 0 Å². The highest BCUT2D eigenvalue weighted by atomic mass is 19.3. The number of rotatable bonds is 3. The van der Waals surface area contributed by atoms with E-state index in [1.165, 1.54) is 6.92 Å². The molecular formula is C8H6F2N2O4. The van der Waals surface area contributed by atoms with Crippen molar-refractivity contribution in [3.05, 3.63) is 33.1 Å². The molecule has 0 spiro atoms. The minimum absolute atomic E-state index is 0.0155. The van der Waals surface area contributed by atoms with Gasteiger partial charge in [-0.1, -0.05) is 0 Å². The van der Waals surface area contributed by atoms with Gasteiger partial charge in [-0.25, -0.2) is 18.6 Å². The highest BCUT2D eigenvalue weighted by molar-refractivity contribution is 5.92. The van der Waals surface area contributed by atoms with E-state index in [1.54, 1.807) is 0 Å². The normalized spacial score (nSPS) is 10.5. The number of alkyl halides is 2. The summed E-state index contributed by atoms with van der Waals surface area (Å²) in [7, 11) is 0. The van der Waals surface area contributed by atoms with Crippen LogP contribution in [0.25, 0.3) is 0 Å². The lowest BCUT2D eigenvalue weighted by atomic mass is 10.1. The number of hydrogen-bond acceptors (Lipinski definition) is 4. The number of pyridine rings is 1. The first kappa shape index (κ1) is 12.0. The zero-order valence-electron chi connectivity index (χ0n) is 7.98. The maximum atomic E-state index is 12.5. The average molecular weight is 232 g/mol. The third kappa shape index (κ3) is 2.10. The second-order valence-corrected chi connectivity index (χ2v) is 2.91. The van der Waals surface area contributed by atoms with Crippen LogP contribution >= 0.6 is 0 Å². The second-order valence-electron chi connectivity index (χ2n) is 2.91. The predicted molar refractivity (Wildman–Crippen MR) is 47.5 cm³/mol. The number of aromatic carboxylic acids is 1. The molecule has 0 saturated carbocycles. The zero-order chi connectivity index (χ0) is 12.5. The summed E-state index contributed by atoms with van der Waals surface area (Å²) in [5, 5.41) is 19.2. The summed E-state index contributed by atoms with van der Waals surface area (Å²) in [5.74, 6) is -1.64. The van der Waals surface area contributed by atoms with Crippen molar-refractivity contribution < 1.29 is 23.6 Å². The standard InChI is InChI=1S/C8H6F2N2O4/c1-3-2-4(8(13)14)6(12(15)16)5(11-3)7(9)10/h2,7H,1H3,(H,13,14). The monoisotopic (exact) mass is 232 g/mol. The molecule has 86 valence electrons. The minimum Gasteiger partial charge on any atom is -0.477 e. The van der Waals surface area contributed by atoms with Gasteiger partial charge in [0.2, 0.25) is 0 Å². The molecule has 16 heavy (non-hydrogen) atoms. The van der Waals surface area contributed by atoms with Crippen LogP contribution in [0.5, 0.6) is 0 Å². The molecule has 1 aromatic rings. The van der Waals surface area contributed by atoms with E-state index >= 15 is 0 Å². The number of halogens is 2. The molecule has 0 aliphatic carbocycles. The molecule has 0 unspecified atom stereocenters. The van der Waals surface area contributed by atoms with Crippen LogP contribution < -0.4 is 0 Å². The molecule has 0 saturated heterocycles. The Hall–Kier alpha value is -2.12. The van der Waals surface area contributed by atoms with Gasteiger partial charge in [0.1, 0.15) is 5.56 Å². The molecule has 1 rings (SSSR count). The van der Waals surface area contributed by atoms with Crippen LogP contribution in [0.1, 0.15) is 28.2 Å². The third-order valence-corrected chi connectivity index (χ3v) is 1.77. The Kier molecular flexibility index (Phi) is 3.11. The van der Waals surface area contributed by atoms with Crippen molar-refractivity contribution in [2.24, 2.45) is 0 Å². The molecule has 0 atom stereocenters.